The van der Waals surface area contributed by atoms with Crippen LogP contribution in [-0.2, 0) is 14.3 Å². The van der Waals surface area contributed by atoms with Crippen molar-refractivity contribution in [3.63, 3.8) is 0 Å². The Morgan fingerprint density at radius 1 is 1.33 bits per heavy atom. The normalized spacial score (nSPS) is 22.1. The molecule has 3 heterocycles. The molecule has 2 aromatic rings. The molecule has 1 amide bonds. The molecule has 2 aliphatic rings. The van der Waals surface area contributed by atoms with Crippen LogP contribution < -0.4 is 20.3 Å². The Morgan fingerprint density at radius 2 is 2.12 bits per heavy atom. The third kappa shape index (κ3) is 4.88. The Balaban J connectivity index is 1.74. The second kappa shape index (κ2) is 9.14. The van der Waals surface area contributed by atoms with Crippen LogP contribution in [0.3, 0.4) is 0 Å². The zero-order chi connectivity index (χ0) is 23.8. The first-order chi connectivity index (χ1) is 15.7. The van der Waals surface area contributed by atoms with E-state index in [1.165, 1.54) is 18.9 Å². The zero-order valence-electron chi connectivity index (χ0n) is 18.7. The third-order valence-electron chi connectivity index (χ3n) is 5.74. The van der Waals surface area contributed by atoms with E-state index in [9.17, 15) is 14.4 Å². The van der Waals surface area contributed by atoms with Crippen molar-refractivity contribution in [1.82, 2.24) is 9.78 Å². The number of aliphatic carboxylic acids is 1. The van der Waals surface area contributed by atoms with Crippen LogP contribution in [-0.4, -0.2) is 58.4 Å². The van der Waals surface area contributed by atoms with Crippen molar-refractivity contribution in [3.05, 3.63) is 39.7 Å². The second-order valence-electron chi connectivity index (χ2n) is 8.66. The maximum absolute atomic E-state index is 13.1. The number of nitrogens with zero attached hydrogens (tertiary/aromatic N) is 1. The lowest BCUT2D eigenvalue weighted by molar-refractivity contribution is -0.139. The van der Waals surface area contributed by atoms with Gasteiger partial charge in [0, 0.05) is 6.61 Å². The fourth-order valence-corrected chi connectivity index (χ4v) is 5.42. The van der Waals surface area contributed by atoms with Gasteiger partial charge in [0.05, 0.1) is 35.3 Å². The number of hydrogen-bond donors (Lipinski definition) is 3. The van der Waals surface area contributed by atoms with Crippen LogP contribution in [0, 0.1) is 0 Å². The lowest BCUT2D eigenvalue weighted by Gasteiger charge is -2.36. The van der Waals surface area contributed by atoms with Gasteiger partial charge in [-0.25, -0.2) is 4.79 Å². The molecule has 11 heteroatoms. The number of methoxy groups -OCH3 is 1. The minimum absolute atomic E-state index is 0.0180. The number of carboxylic acid groups (broad SMARTS) is 1. The lowest BCUT2D eigenvalue weighted by atomic mass is 9.94. The number of anilines is 1. The van der Waals surface area contributed by atoms with Gasteiger partial charge in [0.15, 0.2) is 18.1 Å². The van der Waals surface area contributed by atoms with E-state index in [0.717, 1.165) is 12.0 Å². The zero-order valence-corrected chi connectivity index (χ0v) is 19.5. The molecule has 1 aromatic heterocycles. The average Bonchev–Trinajstić information content (AvgIpc) is 2.96. The smallest absolute Gasteiger partial charge is 0.341 e. The molecule has 1 fully saturated rings. The van der Waals surface area contributed by atoms with E-state index in [0.29, 0.717) is 30.2 Å². The number of aromatic nitrogens is 2. The van der Waals surface area contributed by atoms with Crippen molar-refractivity contribution >= 4 is 29.5 Å². The van der Waals surface area contributed by atoms with E-state index >= 15 is 0 Å². The number of carbonyl (C=O) groups excluding carboxylic acids is 1. The number of amides is 1. The van der Waals surface area contributed by atoms with Gasteiger partial charge in [-0.2, -0.15) is 0 Å². The highest BCUT2D eigenvalue weighted by Crippen LogP contribution is 2.44. The second-order valence-corrected chi connectivity index (χ2v) is 9.75. The minimum Gasteiger partial charge on any atom is -0.493 e. The Kier molecular flexibility index (Phi) is 6.44. The van der Waals surface area contributed by atoms with Gasteiger partial charge in [0.25, 0.3) is 5.56 Å². The largest absolute Gasteiger partial charge is 0.493 e. The van der Waals surface area contributed by atoms with Crippen LogP contribution in [0.1, 0.15) is 49.1 Å². The maximum Gasteiger partial charge on any atom is 0.341 e. The Hall–Kier alpha value is -2.92. The number of carboxylic acids is 1. The molecule has 1 saturated heterocycles. The standard InChI is InChI=1S/C22H27N3O7S/c1-22(2)9-13(6-7-32-22)25-20-18(21(29)24-25)19(33-11-16(26)23-20)12-4-5-14(15(8-12)30-3)31-10-17(27)28/h4-5,8,13,19H,6-7,9-11H2,1-3H3,(H,23,26)(H,24,29)(H,27,28). The fraction of sp³-hybridized carbons (Fsp3) is 0.500. The van der Waals surface area contributed by atoms with Crippen molar-refractivity contribution < 1.29 is 28.9 Å². The SMILES string of the molecule is COc1cc(C2SCC(=O)Nc3c2c(=O)[nH]n3C2CCOC(C)(C)C2)ccc1OCC(=O)O. The molecule has 2 atom stereocenters. The monoisotopic (exact) mass is 477 g/mol. The van der Waals surface area contributed by atoms with Crippen molar-refractivity contribution in [2.24, 2.45) is 0 Å². The number of nitrogens with one attached hydrogen (secondary N) is 2. The van der Waals surface area contributed by atoms with E-state index in [1.54, 1.807) is 22.9 Å². The van der Waals surface area contributed by atoms with Gasteiger partial charge >= 0.3 is 5.97 Å². The van der Waals surface area contributed by atoms with E-state index in [4.69, 9.17) is 19.3 Å². The molecule has 0 radical (unpaired) electrons. The summed E-state index contributed by atoms with van der Waals surface area (Å²) >= 11 is 1.34. The van der Waals surface area contributed by atoms with Crippen molar-refractivity contribution in [3.8, 4) is 11.5 Å². The molecular formula is C22H27N3O7S. The molecule has 0 spiro atoms. The number of benzene rings is 1. The van der Waals surface area contributed by atoms with Gasteiger partial charge in [-0.3, -0.25) is 19.4 Å². The molecule has 0 aliphatic carbocycles. The van der Waals surface area contributed by atoms with Gasteiger partial charge in [-0.05, 0) is 44.4 Å². The highest BCUT2D eigenvalue weighted by molar-refractivity contribution is 8.00. The van der Waals surface area contributed by atoms with Crippen LogP contribution in [0.15, 0.2) is 23.0 Å². The molecule has 10 nitrogen and oxygen atoms in total. The Bertz CT molecular complexity index is 1120. The van der Waals surface area contributed by atoms with Gasteiger partial charge in [0.2, 0.25) is 5.91 Å². The summed E-state index contributed by atoms with van der Waals surface area (Å²) in [7, 11) is 1.46. The summed E-state index contributed by atoms with van der Waals surface area (Å²) in [6.45, 7) is 4.09. The van der Waals surface area contributed by atoms with E-state index in [-0.39, 0.29) is 34.6 Å². The predicted molar refractivity (Wildman–Crippen MR) is 122 cm³/mol. The number of thioether (sulfide) groups is 1. The van der Waals surface area contributed by atoms with Crippen LogP contribution in [0.25, 0.3) is 0 Å². The number of rotatable bonds is 6. The minimum atomic E-state index is -1.10. The van der Waals surface area contributed by atoms with Gasteiger partial charge in [0.1, 0.15) is 5.82 Å². The first kappa shape index (κ1) is 23.2. The highest BCUT2D eigenvalue weighted by Gasteiger charge is 2.36. The summed E-state index contributed by atoms with van der Waals surface area (Å²) in [6, 6.07) is 5.06. The average molecular weight is 478 g/mol. The molecule has 2 aliphatic heterocycles. The number of fused-ring (bicyclic) bond motifs is 1. The fourth-order valence-electron chi connectivity index (χ4n) is 4.31. The van der Waals surface area contributed by atoms with Gasteiger partial charge < -0.3 is 24.6 Å². The summed E-state index contributed by atoms with van der Waals surface area (Å²) in [5.41, 5.74) is 0.613. The van der Waals surface area contributed by atoms with E-state index in [2.05, 4.69) is 10.4 Å². The molecule has 1 aromatic carbocycles. The third-order valence-corrected chi connectivity index (χ3v) is 7.01. The molecule has 33 heavy (non-hydrogen) atoms. The van der Waals surface area contributed by atoms with E-state index in [1.807, 2.05) is 13.8 Å². The molecule has 0 bridgehead atoms. The summed E-state index contributed by atoms with van der Waals surface area (Å²) in [5, 5.41) is 14.3. The summed E-state index contributed by atoms with van der Waals surface area (Å²) in [6.07, 6.45) is 1.42. The van der Waals surface area contributed by atoms with Crippen LogP contribution >= 0.6 is 11.8 Å². The quantitative estimate of drug-likeness (QED) is 0.578. The summed E-state index contributed by atoms with van der Waals surface area (Å²) in [4.78, 5) is 36.5. The van der Waals surface area contributed by atoms with Crippen LogP contribution in [0.2, 0.25) is 0 Å². The van der Waals surface area contributed by atoms with Gasteiger partial charge in [-0.15, -0.1) is 11.8 Å². The predicted octanol–water partition coefficient (Wildman–Crippen LogP) is 2.55. The lowest BCUT2D eigenvalue weighted by Crippen LogP contribution is -2.36. The van der Waals surface area contributed by atoms with Crippen molar-refractivity contribution in [2.75, 3.05) is 31.4 Å². The van der Waals surface area contributed by atoms with E-state index < -0.39 is 17.8 Å². The number of hydrogen-bond acceptors (Lipinski definition) is 7. The molecule has 178 valence electrons. The summed E-state index contributed by atoms with van der Waals surface area (Å²) < 4.78 is 18.3. The van der Waals surface area contributed by atoms with Crippen LogP contribution in [0.5, 0.6) is 11.5 Å². The summed E-state index contributed by atoms with van der Waals surface area (Å²) in [5.74, 6) is 0.00877. The van der Waals surface area contributed by atoms with Gasteiger partial charge in [-0.1, -0.05) is 6.07 Å². The maximum atomic E-state index is 13.1. The number of H-pyrrole nitrogens is 1. The molecule has 0 saturated carbocycles. The van der Waals surface area contributed by atoms with Crippen LogP contribution in [0.4, 0.5) is 5.82 Å². The Labute approximate surface area is 194 Å². The molecule has 4 rings (SSSR count). The highest BCUT2D eigenvalue weighted by atomic mass is 32.2. The number of aromatic amines is 1. The van der Waals surface area contributed by atoms with Crippen molar-refractivity contribution in [2.45, 2.75) is 43.6 Å². The first-order valence-electron chi connectivity index (χ1n) is 10.6. The molecule has 2 unspecified atom stereocenters. The molecule has 3 N–H and O–H groups in total. The first-order valence-corrected chi connectivity index (χ1v) is 11.7. The number of carbonyl (C=O) groups is 2. The topological polar surface area (TPSA) is 132 Å². The Morgan fingerprint density at radius 3 is 2.82 bits per heavy atom. The number of ether oxygens (including phenoxy) is 3. The van der Waals surface area contributed by atoms with Crippen molar-refractivity contribution in [1.29, 1.82) is 0 Å². The molecular weight excluding hydrogens is 450 g/mol.